The Morgan fingerprint density at radius 3 is 2.62 bits per heavy atom. The smallest absolute Gasteiger partial charge is 0.246 e. The van der Waals surface area contributed by atoms with Crippen LogP contribution in [0, 0.1) is 11.2 Å². The summed E-state index contributed by atoms with van der Waals surface area (Å²) in [6.07, 6.45) is 0.681. The average Bonchev–Trinajstić information content (AvgIpc) is 2.82. The fourth-order valence-electron chi connectivity index (χ4n) is 2.31. The van der Waals surface area contributed by atoms with Crippen LogP contribution in [-0.2, 0) is 10.0 Å². The summed E-state index contributed by atoms with van der Waals surface area (Å²) in [4.78, 5) is -0.320. The molecule has 1 saturated heterocycles. The molecule has 1 fully saturated rings. The van der Waals surface area contributed by atoms with E-state index in [1.165, 1.54) is 23.5 Å². The lowest BCUT2D eigenvalue weighted by atomic mass is 9.90. The third kappa shape index (κ3) is 3.48. The number of halogens is 2. The predicted octanol–water partition coefficient (Wildman–Crippen LogP) is 1.62. The number of hydrogen-bond donors (Lipinski definition) is 1. The molecule has 21 heavy (non-hydrogen) atoms. The van der Waals surface area contributed by atoms with E-state index in [0.717, 1.165) is 6.07 Å². The van der Waals surface area contributed by atoms with Gasteiger partial charge >= 0.3 is 0 Å². The normalized spacial score (nSPS) is 22.9. The highest BCUT2D eigenvalue weighted by Crippen LogP contribution is 2.33. The molecule has 0 bridgehead atoms. The van der Waals surface area contributed by atoms with Crippen molar-refractivity contribution in [1.82, 2.24) is 4.31 Å². The molecule has 0 radical (unpaired) electrons. The lowest BCUT2D eigenvalue weighted by molar-refractivity contribution is 0.349. The van der Waals surface area contributed by atoms with Gasteiger partial charge in [-0.15, -0.1) is 12.4 Å². The molecule has 0 aliphatic carbocycles. The summed E-state index contributed by atoms with van der Waals surface area (Å²) in [5, 5.41) is 0. The lowest BCUT2D eigenvalue weighted by Crippen LogP contribution is -2.34. The van der Waals surface area contributed by atoms with Crippen molar-refractivity contribution < 1.29 is 17.5 Å². The summed E-state index contributed by atoms with van der Waals surface area (Å²) in [6, 6.07) is 3.75. The molecule has 0 spiro atoms. The van der Waals surface area contributed by atoms with E-state index in [4.69, 9.17) is 10.5 Å². The Labute approximate surface area is 130 Å². The highest BCUT2D eigenvalue weighted by Gasteiger charge is 2.39. The second-order valence-corrected chi connectivity index (χ2v) is 7.31. The van der Waals surface area contributed by atoms with Gasteiger partial charge in [-0.2, -0.15) is 4.31 Å². The van der Waals surface area contributed by atoms with E-state index < -0.39 is 15.8 Å². The molecule has 0 saturated carbocycles. The first-order valence-electron chi connectivity index (χ1n) is 6.36. The molecule has 0 aromatic heterocycles. The van der Waals surface area contributed by atoms with Crippen LogP contribution in [0.5, 0.6) is 5.75 Å². The monoisotopic (exact) mass is 338 g/mol. The van der Waals surface area contributed by atoms with E-state index in [1.54, 1.807) is 0 Å². The maximum atomic E-state index is 14.0. The minimum atomic E-state index is -3.83. The highest BCUT2D eigenvalue weighted by molar-refractivity contribution is 7.89. The molecule has 1 atom stereocenters. The number of nitrogens with two attached hydrogens (primary N) is 1. The van der Waals surface area contributed by atoms with Crippen LogP contribution in [0.3, 0.4) is 0 Å². The molecule has 0 amide bonds. The molecule has 1 aromatic carbocycles. The quantitative estimate of drug-likeness (QED) is 0.905. The van der Waals surface area contributed by atoms with Crippen molar-refractivity contribution in [3.05, 3.63) is 24.0 Å². The number of ether oxygens (including phenoxy) is 1. The highest BCUT2D eigenvalue weighted by atomic mass is 35.5. The molecule has 2 N–H and O–H groups in total. The first kappa shape index (κ1) is 18.2. The third-order valence-electron chi connectivity index (χ3n) is 3.77. The topological polar surface area (TPSA) is 72.6 Å². The van der Waals surface area contributed by atoms with E-state index >= 15 is 0 Å². The summed E-state index contributed by atoms with van der Waals surface area (Å²) in [7, 11) is -2.43. The van der Waals surface area contributed by atoms with Crippen LogP contribution in [0.1, 0.15) is 13.3 Å². The van der Waals surface area contributed by atoms with Crippen molar-refractivity contribution in [2.24, 2.45) is 11.1 Å². The van der Waals surface area contributed by atoms with E-state index in [9.17, 15) is 12.8 Å². The van der Waals surface area contributed by atoms with Crippen LogP contribution in [-0.4, -0.2) is 39.5 Å². The Hall–Kier alpha value is -0.890. The van der Waals surface area contributed by atoms with Gasteiger partial charge in [0.15, 0.2) is 0 Å². The number of benzene rings is 1. The maximum Gasteiger partial charge on any atom is 0.246 e. The van der Waals surface area contributed by atoms with Gasteiger partial charge in [0.25, 0.3) is 0 Å². The lowest BCUT2D eigenvalue weighted by Gasteiger charge is -2.22. The van der Waals surface area contributed by atoms with Gasteiger partial charge in [0.2, 0.25) is 10.0 Å². The van der Waals surface area contributed by atoms with Crippen LogP contribution in [0.15, 0.2) is 23.1 Å². The molecule has 1 aliphatic heterocycles. The van der Waals surface area contributed by atoms with E-state index in [2.05, 4.69) is 0 Å². The summed E-state index contributed by atoms with van der Waals surface area (Å²) in [5.41, 5.74) is 5.43. The van der Waals surface area contributed by atoms with E-state index in [0.29, 0.717) is 26.1 Å². The maximum absolute atomic E-state index is 14.0. The third-order valence-corrected chi connectivity index (χ3v) is 5.65. The van der Waals surface area contributed by atoms with Crippen molar-refractivity contribution in [3.8, 4) is 5.75 Å². The van der Waals surface area contributed by atoms with Gasteiger partial charge in [-0.1, -0.05) is 6.92 Å². The van der Waals surface area contributed by atoms with Crippen molar-refractivity contribution >= 4 is 22.4 Å². The largest absolute Gasteiger partial charge is 0.497 e. The van der Waals surface area contributed by atoms with Gasteiger partial charge in [0.05, 0.1) is 7.11 Å². The molecule has 1 heterocycles. The fourth-order valence-corrected chi connectivity index (χ4v) is 3.94. The number of sulfonamides is 1. The molecular weight excluding hydrogens is 319 g/mol. The minimum Gasteiger partial charge on any atom is -0.497 e. The van der Waals surface area contributed by atoms with Crippen molar-refractivity contribution in [3.63, 3.8) is 0 Å². The Morgan fingerprint density at radius 2 is 2.14 bits per heavy atom. The van der Waals surface area contributed by atoms with E-state index in [-0.39, 0.29) is 28.5 Å². The van der Waals surface area contributed by atoms with Crippen LogP contribution < -0.4 is 10.5 Å². The second-order valence-electron chi connectivity index (χ2n) is 5.40. The summed E-state index contributed by atoms with van der Waals surface area (Å²) >= 11 is 0. The zero-order valence-electron chi connectivity index (χ0n) is 12.0. The fraction of sp³-hybridized carbons (Fsp3) is 0.538. The molecule has 5 nitrogen and oxygen atoms in total. The van der Waals surface area contributed by atoms with Gasteiger partial charge in [0.1, 0.15) is 16.5 Å². The predicted molar refractivity (Wildman–Crippen MR) is 80.7 cm³/mol. The number of methoxy groups -OCH3 is 1. The first-order chi connectivity index (χ1) is 9.32. The van der Waals surface area contributed by atoms with Crippen LogP contribution >= 0.6 is 12.4 Å². The molecule has 1 aromatic rings. The first-order valence-corrected chi connectivity index (χ1v) is 7.80. The van der Waals surface area contributed by atoms with Gasteiger partial charge < -0.3 is 10.5 Å². The molecule has 120 valence electrons. The Bertz CT molecular complexity index is 611. The van der Waals surface area contributed by atoms with Gasteiger partial charge in [-0.3, -0.25) is 0 Å². The number of hydrogen-bond acceptors (Lipinski definition) is 4. The summed E-state index contributed by atoms with van der Waals surface area (Å²) < 4.78 is 45.0. The Balaban J connectivity index is 0.00000220. The van der Waals surface area contributed by atoms with Crippen molar-refractivity contribution in [2.75, 3.05) is 26.7 Å². The van der Waals surface area contributed by atoms with Crippen molar-refractivity contribution in [2.45, 2.75) is 18.2 Å². The standard InChI is InChI=1S/C13H19FN2O3S.ClH/c1-13(8-15)5-6-16(9-13)20(17,18)12-4-3-10(19-2)7-11(12)14;/h3-4,7H,5-6,8-9,15H2,1-2H3;1H. The summed E-state index contributed by atoms with van der Waals surface area (Å²) in [6.45, 7) is 3.02. The molecule has 1 unspecified atom stereocenters. The minimum absolute atomic E-state index is 0. The summed E-state index contributed by atoms with van der Waals surface area (Å²) in [5.74, 6) is -0.514. The number of rotatable bonds is 4. The average molecular weight is 339 g/mol. The van der Waals surface area contributed by atoms with Gasteiger partial charge in [0, 0.05) is 19.2 Å². The Kier molecular flexibility index (Phi) is 5.60. The van der Waals surface area contributed by atoms with Gasteiger partial charge in [-0.25, -0.2) is 12.8 Å². The van der Waals surface area contributed by atoms with Gasteiger partial charge in [-0.05, 0) is 30.5 Å². The van der Waals surface area contributed by atoms with Crippen LogP contribution in [0.2, 0.25) is 0 Å². The second kappa shape index (κ2) is 6.48. The molecule has 1 aliphatic rings. The molecule has 8 heteroatoms. The van der Waals surface area contributed by atoms with E-state index in [1.807, 2.05) is 6.92 Å². The molecular formula is C13H20ClFN2O3S. The molecule has 2 rings (SSSR count). The van der Waals surface area contributed by atoms with Crippen molar-refractivity contribution in [1.29, 1.82) is 0 Å². The Morgan fingerprint density at radius 1 is 1.48 bits per heavy atom. The van der Waals surface area contributed by atoms with Crippen LogP contribution in [0.4, 0.5) is 4.39 Å². The zero-order chi connectivity index (χ0) is 15.0. The van der Waals surface area contributed by atoms with Crippen LogP contribution in [0.25, 0.3) is 0 Å². The SMILES string of the molecule is COc1ccc(S(=O)(=O)N2CCC(C)(CN)C2)c(F)c1.Cl. The zero-order valence-corrected chi connectivity index (χ0v) is 13.6. The number of nitrogens with zero attached hydrogens (tertiary/aromatic N) is 1.